The number of benzene rings is 1. The van der Waals surface area contributed by atoms with Gasteiger partial charge in [-0.2, -0.15) is 0 Å². The topological polar surface area (TPSA) is 61.6 Å². The zero-order valence-corrected chi connectivity index (χ0v) is 15.9. The number of aryl methyl sites for hydroxylation is 1. The van der Waals surface area contributed by atoms with Gasteiger partial charge in [-0.15, -0.1) is 0 Å². The molecule has 1 unspecified atom stereocenters. The van der Waals surface area contributed by atoms with Crippen LogP contribution in [0.25, 0.3) is 0 Å². The minimum Gasteiger partial charge on any atom is -0.507 e. The van der Waals surface area contributed by atoms with Crippen molar-refractivity contribution in [1.82, 2.24) is 19.4 Å². The maximum Gasteiger partial charge on any atom is 0.257 e. The summed E-state index contributed by atoms with van der Waals surface area (Å²) in [6.07, 6.45) is 5.84. The van der Waals surface area contributed by atoms with Crippen LogP contribution in [0.3, 0.4) is 0 Å². The molecule has 3 rings (SSSR count). The Morgan fingerprint density at radius 3 is 2.96 bits per heavy atom. The number of imidazole rings is 1. The molecule has 2 aromatic rings. The molecule has 0 spiro atoms. The zero-order valence-electron chi connectivity index (χ0n) is 15.9. The molecule has 1 amide bonds. The number of aromatic nitrogens is 2. The van der Waals surface area contributed by atoms with Crippen LogP contribution in [0, 0.1) is 6.92 Å². The molecule has 0 saturated carbocycles. The first-order valence-corrected chi connectivity index (χ1v) is 9.21. The highest BCUT2D eigenvalue weighted by atomic mass is 16.3. The molecular weight excluding hydrogens is 328 g/mol. The summed E-state index contributed by atoms with van der Waals surface area (Å²) in [6.45, 7) is 5.03. The predicted molar refractivity (Wildman–Crippen MR) is 102 cm³/mol. The van der Waals surface area contributed by atoms with E-state index in [4.69, 9.17) is 0 Å². The van der Waals surface area contributed by atoms with Crippen LogP contribution < -0.4 is 0 Å². The van der Waals surface area contributed by atoms with Crippen molar-refractivity contribution in [3.63, 3.8) is 0 Å². The molecule has 0 aliphatic carbocycles. The van der Waals surface area contributed by atoms with Crippen LogP contribution >= 0.6 is 0 Å². The molecule has 0 bridgehead atoms. The number of piperidine rings is 1. The van der Waals surface area contributed by atoms with Crippen LogP contribution in [0.15, 0.2) is 30.6 Å². The molecule has 26 heavy (non-hydrogen) atoms. The van der Waals surface area contributed by atoms with Crippen LogP contribution in [0.2, 0.25) is 0 Å². The van der Waals surface area contributed by atoms with Gasteiger partial charge in [0.2, 0.25) is 0 Å². The van der Waals surface area contributed by atoms with E-state index in [1.165, 1.54) is 0 Å². The summed E-state index contributed by atoms with van der Waals surface area (Å²) in [5.41, 5.74) is 1.12. The maximum absolute atomic E-state index is 12.9. The number of phenolic OH excluding ortho intramolecular Hbond substituents is 1. The van der Waals surface area contributed by atoms with Gasteiger partial charge in [-0.3, -0.25) is 4.79 Å². The Hall–Kier alpha value is -2.34. The Labute approximate surface area is 155 Å². The average molecular weight is 356 g/mol. The Bertz CT molecular complexity index is 769. The summed E-state index contributed by atoms with van der Waals surface area (Å²) >= 11 is 0. The number of hydrogen-bond donors (Lipinski definition) is 1. The summed E-state index contributed by atoms with van der Waals surface area (Å²) in [5.74, 6) is 1.28. The van der Waals surface area contributed by atoms with Gasteiger partial charge >= 0.3 is 0 Å². The number of nitrogens with zero attached hydrogens (tertiary/aromatic N) is 4. The lowest BCUT2D eigenvalue weighted by Gasteiger charge is -2.33. The Morgan fingerprint density at radius 2 is 2.19 bits per heavy atom. The molecule has 1 saturated heterocycles. The molecule has 0 radical (unpaired) electrons. The van der Waals surface area contributed by atoms with Gasteiger partial charge in [-0.05, 0) is 45.5 Å². The first kappa shape index (κ1) is 18.5. The fraction of sp³-hybridized carbons (Fsp3) is 0.500. The molecule has 140 valence electrons. The quantitative estimate of drug-likeness (QED) is 0.894. The van der Waals surface area contributed by atoms with Crippen molar-refractivity contribution in [2.24, 2.45) is 0 Å². The normalized spacial score (nSPS) is 17.7. The smallest absolute Gasteiger partial charge is 0.257 e. The van der Waals surface area contributed by atoms with E-state index in [0.29, 0.717) is 12.1 Å². The first-order valence-electron chi connectivity index (χ1n) is 9.21. The lowest BCUT2D eigenvalue weighted by atomic mass is 9.96. The number of rotatable bonds is 5. The van der Waals surface area contributed by atoms with E-state index in [1.807, 2.05) is 36.4 Å². The number of aromatic hydroxyl groups is 1. The van der Waals surface area contributed by atoms with Crippen LogP contribution in [0.4, 0.5) is 0 Å². The highest BCUT2D eigenvalue weighted by molar-refractivity contribution is 5.97. The molecule has 1 aromatic carbocycles. The summed E-state index contributed by atoms with van der Waals surface area (Å²) in [7, 11) is 4.12. The van der Waals surface area contributed by atoms with Crippen molar-refractivity contribution in [1.29, 1.82) is 0 Å². The van der Waals surface area contributed by atoms with Crippen LogP contribution in [0.5, 0.6) is 5.75 Å². The van der Waals surface area contributed by atoms with Crippen molar-refractivity contribution >= 4 is 5.91 Å². The molecular formula is C20H28N4O2. The molecule has 6 heteroatoms. The summed E-state index contributed by atoms with van der Waals surface area (Å²) in [5, 5.41) is 10.2. The van der Waals surface area contributed by atoms with Crippen molar-refractivity contribution in [3.05, 3.63) is 47.5 Å². The average Bonchev–Trinajstić information content (AvgIpc) is 3.10. The van der Waals surface area contributed by atoms with E-state index in [2.05, 4.69) is 28.5 Å². The second kappa shape index (κ2) is 7.91. The number of likely N-dealkylation sites (tertiary alicyclic amines) is 1. The van der Waals surface area contributed by atoms with Crippen molar-refractivity contribution < 1.29 is 9.90 Å². The van der Waals surface area contributed by atoms with E-state index in [1.54, 1.807) is 6.07 Å². The SMILES string of the molecule is Cc1cccc(C(=O)N2CCCC(c3nccn3CCN(C)C)C2)c1O. The van der Waals surface area contributed by atoms with Crippen LogP contribution in [-0.4, -0.2) is 64.1 Å². The first-order chi connectivity index (χ1) is 12.5. The highest BCUT2D eigenvalue weighted by Gasteiger charge is 2.29. The summed E-state index contributed by atoms with van der Waals surface area (Å²) < 4.78 is 2.20. The lowest BCUT2D eigenvalue weighted by Crippen LogP contribution is -2.40. The van der Waals surface area contributed by atoms with E-state index >= 15 is 0 Å². The van der Waals surface area contributed by atoms with E-state index in [9.17, 15) is 9.90 Å². The van der Waals surface area contributed by atoms with E-state index in [0.717, 1.165) is 43.9 Å². The fourth-order valence-corrected chi connectivity index (χ4v) is 3.55. The maximum atomic E-state index is 12.9. The summed E-state index contributed by atoms with van der Waals surface area (Å²) in [6, 6.07) is 5.33. The summed E-state index contributed by atoms with van der Waals surface area (Å²) in [4.78, 5) is 21.5. The van der Waals surface area contributed by atoms with Gasteiger partial charge < -0.3 is 19.5 Å². The standard InChI is InChI=1S/C20H28N4O2/c1-15-6-4-8-17(18(15)25)20(26)24-10-5-7-16(14-24)19-21-9-11-23(19)13-12-22(2)3/h4,6,8-9,11,16,25H,5,7,10,12-14H2,1-3H3. The third-order valence-corrected chi connectivity index (χ3v) is 5.08. The second-order valence-corrected chi connectivity index (χ2v) is 7.34. The van der Waals surface area contributed by atoms with E-state index in [-0.39, 0.29) is 17.6 Å². The Balaban J connectivity index is 1.75. The molecule has 1 aromatic heterocycles. The van der Waals surface area contributed by atoms with Crippen molar-refractivity contribution in [2.45, 2.75) is 32.2 Å². The Kier molecular flexibility index (Phi) is 5.61. The van der Waals surface area contributed by atoms with Gasteiger partial charge in [-0.25, -0.2) is 4.98 Å². The number of carbonyl (C=O) groups excluding carboxylic acids is 1. The van der Waals surface area contributed by atoms with Gasteiger partial charge in [0.15, 0.2) is 0 Å². The number of likely N-dealkylation sites (N-methyl/N-ethyl adjacent to an activating group) is 1. The number of para-hydroxylation sites is 1. The lowest BCUT2D eigenvalue weighted by molar-refractivity contribution is 0.0700. The van der Waals surface area contributed by atoms with Gasteiger partial charge in [0.05, 0.1) is 5.56 Å². The largest absolute Gasteiger partial charge is 0.507 e. The molecule has 1 aliphatic rings. The molecule has 1 fully saturated rings. The number of phenols is 1. The Morgan fingerprint density at radius 1 is 1.38 bits per heavy atom. The fourth-order valence-electron chi connectivity index (χ4n) is 3.55. The van der Waals surface area contributed by atoms with Gasteiger partial charge in [0.25, 0.3) is 5.91 Å². The third kappa shape index (κ3) is 3.90. The minimum atomic E-state index is -0.0951. The van der Waals surface area contributed by atoms with Gasteiger partial charge in [0, 0.05) is 44.5 Å². The minimum absolute atomic E-state index is 0.0899. The number of carbonyl (C=O) groups is 1. The third-order valence-electron chi connectivity index (χ3n) is 5.08. The molecule has 1 aliphatic heterocycles. The van der Waals surface area contributed by atoms with Crippen molar-refractivity contribution in [2.75, 3.05) is 33.7 Å². The van der Waals surface area contributed by atoms with E-state index < -0.39 is 0 Å². The van der Waals surface area contributed by atoms with Crippen LogP contribution in [0.1, 0.15) is 40.5 Å². The number of hydrogen-bond acceptors (Lipinski definition) is 4. The molecule has 1 atom stereocenters. The predicted octanol–water partition coefficient (Wildman–Crippen LogP) is 2.48. The van der Waals surface area contributed by atoms with Gasteiger partial charge in [0.1, 0.15) is 11.6 Å². The number of amides is 1. The molecule has 2 heterocycles. The zero-order chi connectivity index (χ0) is 18.7. The monoisotopic (exact) mass is 356 g/mol. The molecule has 1 N–H and O–H groups in total. The second-order valence-electron chi connectivity index (χ2n) is 7.34. The van der Waals surface area contributed by atoms with Crippen molar-refractivity contribution in [3.8, 4) is 5.75 Å². The van der Waals surface area contributed by atoms with Crippen LogP contribution in [-0.2, 0) is 6.54 Å². The highest BCUT2D eigenvalue weighted by Crippen LogP contribution is 2.29. The van der Waals surface area contributed by atoms with Gasteiger partial charge in [-0.1, -0.05) is 12.1 Å². The molecule has 6 nitrogen and oxygen atoms in total.